The number of benzene rings is 2. The highest BCUT2D eigenvalue weighted by Gasteiger charge is 2.15. The van der Waals surface area contributed by atoms with Gasteiger partial charge in [-0.15, -0.1) is 10.2 Å². The van der Waals surface area contributed by atoms with Gasteiger partial charge in [0.05, 0.1) is 16.5 Å². The molecule has 0 fully saturated rings. The van der Waals surface area contributed by atoms with Gasteiger partial charge >= 0.3 is 0 Å². The number of rotatable bonds is 8. The number of ether oxygens (including phenoxy) is 1. The Balaban J connectivity index is 1.59. The molecule has 6 nitrogen and oxygen atoms in total. The molecule has 0 saturated heterocycles. The van der Waals surface area contributed by atoms with Crippen LogP contribution in [0.25, 0.3) is 0 Å². The molecule has 3 rings (SSSR count). The monoisotopic (exact) mass is 454 g/mol. The minimum atomic E-state index is -0.442. The van der Waals surface area contributed by atoms with Gasteiger partial charge in [-0.2, -0.15) is 0 Å². The Morgan fingerprint density at radius 2 is 2.03 bits per heavy atom. The largest absolute Gasteiger partial charge is 0.483 e. The van der Waals surface area contributed by atoms with E-state index in [9.17, 15) is 9.18 Å². The van der Waals surface area contributed by atoms with Gasteiger partial charge in [0, 0.05) is 11.6 Å². The van der Waals surface area contributed by atoms with Crippen LogP contribution < -0.4 is 10.1 Å². The zero-order valence-corrected chi connectivity index (χ0v) is 17.7. The molecule has 152 valence electrons. The molecule has 29 heavy (non-hydrogen) atoms. The molecule has 0 spiro atoms. The molecule has 0 radical (unpaired) electrons. The second kappa shape index (κ2) is 9.96. The molecular weight excluding hydrogens is 438 g/mol. The van der Waals surface area contributed by atoms with Gasteiger partial charge in [0.1, 0.15) is 6.61 Å². The molecule has 0 aliphatic heterocycles. The Hall–Kier alpha value is -2.29. The molecule has 1 amide bonds. The van der Waals surface area contributed by atoms with E-state index in [1.54, 1.807) is 36.4 Å². The third-order valence-electron chi connectivity index (χ3n) is 3.84. The Kier molecular flexibility index (Phi) is 7.35. The van der Waals surface area contributed by atoms with Gasteiger partial charge in [-0.3, -0.25) is 4.79 Å². The van der Waals surface area contributed by atoms with Crippen LogP contribution in [0, 0.1) is 5.82 Å². The molecule has 2 aromatic carbocycles. The fourth-order valence-corrected chi connectivity index (χ4v) is 3.74. The number of nitrogens with one attached hydrogen (secondary N) is 1. The topological polar surface area (TPSA) is 69.0 Å². The number of halogens is 3. The van der Waals surface area contributed by atoms with Crippen LogP contribution in [0.4, 0.5) is 10.1 Å². The van der Waals surface area contributed by atoms with Gasteiger partial charge in [-0.05, 0) is 37.3 Å². The molecule has 3 aromatic rings. The second-order valence-electron chi connectivity index (χ2n) is 5.82. The van der Waals surface area contributed by atoms with Gasteiger partial charge in [0.2, 0.25) is 5.91 Å². The van der Waals surface area contributed by atoms with Crippen LogP contribution in [-0.4, -0.2) is 26.4 Å². The first kappa shape index (κ1) is 21.4. The number of thioether (sulfide) groups is 1. The number of amides is 1. The minimum Gasteiger partial charge on any atom is -0.483 e. The Labute approximate surface area is 181 Å². The summed E-state index contributed by atoms with van der Waals surface area (Å²) in [6.45, 7) is 2.57. The maximum Gasteiger partial charge on any atom is 0.234 e. The number of carbonyl (C=O) groups excluding carboxylic acids is 1. The van der Waals surface area contributed by atoms with E-state index in [1.165, 1.54) is 17.8 Å². The van der Waals surface area contributed by atoms with Crippen LogP contribution in [-0.2, 0) is 17.9 Å². The normalized spacial score (nSPS) is 10.8. The summed E-state index contributed by atoms with van der Waals surface area (Å²) in [7, 11) is 0. The van der Waals surface area contributed by atoms with Gasteiger partial charge in [0.25, 0.3) is 0 Å². The van der Waals surface area contributed by atoms with Gasteiger partial charge in [-0.1, -0.05) is 47.1 Å². The van der Waals surface area contributed by atoms with E-state index in [0.717, 1.165) is 0 Å². The number of carbonyl (C=O) groups is 1. The van der Waals surface area contributed by atoms with Crippen LogP contribution >= 0.6 is 35.0 Å². The average molecular weight is 455 g/mol. The van der Waals surface area contributed by atoms with Crippen LogP contribution in [0.2, 0.25) is 10.0 Å². The van der Waals surface area contributed by atoms with Crippen LogP contribution in [0.15, 0.2) is 47.6 Å². The Morgan fingerprint density at radius 3 is 2.76 bits per heavy atom. The lowest BCUT2D eigenvalue weighted by Gasteiger charge is -2.10. The van der Waals surface area contributed by atoms with E-state index in [4.69, 9.17) is 27.9 Å². The smallest absolute Gasteiger partial charge is 0.234 e. The Bertz CT molecular complexity index is 1020. The zero-order valence-electron chi connectivity index (χ0n) is 15.4. The van der Waals surface area contributed by atoms with Crippen molar-refractivity contribution in [2.75, 3.05) is 11.1 Å². The fraction of sp³-hybridized carbons (Fsp3) is 0.211. The van der Waals surface area contributed by atoms with Crippen LogP contribution in [0.5, 0.6) is 5.75 Å². The van der Waals surface area contributed by atoms with E-state index in [1.807, 2.05) is 11.5 Å². The zero-order chi connectivity index (χ0) is 20.8. The van der Waals surface area contributed by atoms with Crippen molar-refractivity contribution in [3.05, 3.63) is 64.2 Å². The van der Waals surface area contributed by atoms with Crippen molar-refractivity contribution < 1.29 is 13.9 Å². The number of nitrogens with zero attached hydrogens (tertiary/aromatic N) is 3. The highest BCUT2D eigenvalue weighted by molar-refractivity contribution is 7.99. The Morgan fingerprint density at radius 1 is 1.24 bits per heavy atom. The number of para-hydroxylation sites is 1. The first-order valence-corrected chi connectivity index (χ1v) is 10.4. The van der Waals surface area contributed by atoms with Gasteiger partial charge in [-0.25, -0.2) is 4.39 Å². The van der Waals surface area contributed by atoms with Gasteiger partial charge in [0.15, 0.2) is 22.5 Å². The molecule has 1 heterocycles. The molecule has 1 aromatic heterocycles. The van der Waals surface area contributed by atoms with Crippen LogP contribution in [0.3, 0.4) is 0 Å². The van der Waals surface area contributed by atoms with Crippen molar-refractivity contribution in [1.29, 1.82) is 0 Å². The van der Waals surface area contributed by atoms with Crippen molar-refractivity contribution in [2.24, 2.45) is 0 Å². The molecule has 0 saturated carbocycles. The van der Waals surface area contributed by atoms with Crippen molar-refractivity contribution in [2.45, 2.75) is 25.2 Å². The number of aromatic nitrogens is 3. The molecule has 0 atom stereocenters. The first-order valence-electron chi connectivity index (χ1n) is 8.65. The van der Waals surface area contributed by atoms with Gasteiger partial charge < -0.3 is 14.6 Å². The highest BCUT2D eigenvalue weighted by atomic mass is 35.5. The molecular formula is C19H17Cl2FN4O2S. The van der Waals surface area contributed by atoms with Crippen molar-refractivity contribution in [3.63, 3.8) is 0 Å². The highest BCUT2D eigenvalue weighted by Crippen LogP contribution is 2.26. The van der Waals surface area contributed by atoms with E-state index >= 15 is 0 Å². The summed E-state index contributed by atoms with van der Waals surface area (Å²) in [4.78, 5) is 12.2. The summed E-state index contributed by atoms with van der Waals surface area (Å²) in [5.74, 6) is 0.118. The average Bonchev–Trinajstić information content (AvgIpc) is 3.10. The third-order valence-corrected chi connectivity index (χ3v) is 5.36. The lowest BCUT2D eigenvalue weighted by atomic mass is 10.3. The number of anilines is 1. The predicted octanol–water partition coefficient (Wildman–Crippen LogP) is 5.05. The molecule has 0 bridgehead atoms. The SMILES string of the molecule is CCn1c(COc2ccccc2F)nnc1SCC(=O)Nc1ccc(Cl)cc1Cl. The maximum absolute atomic E-state index is 13.7. The standard InChI is InChI=1S/C19H17Cl2FN4O2S/c1-2-26-17(10-28-16-6-4-3-5-14(16)22)24-25-19(26)29-11-18(27)23-15-8-7-12(20)9-13(15)21/h3-9H,2,10-11H2,1H3,(H,23,27). The molecule has 10 heteroatoms. The van der Waals surface area contributed by atoms with E-state index in [0.29, 0.717) is 33.3 Å². The molecule has 0 aliphatic rings. The second-order valence-corrected chi connectivity index (χ2v) is 7.61. The summed E-state index contributed by atoms with van der Waals surface area (Å²) in [6, 6.07) is 11.0. The minimum absolute atomic E-state index is 0.0644. The molecule has 1 N–H and O–H groups in total. The van der Waals surface area contributed by atoms with Crippen molar-refractivity contribution >= 4 is 46.6 Å². The van der Waals surface area contributed by atoms with Crippen LogP contribution in [0.1, 0.15) is 12.7 Å². The lowest BCUT2D eigenvalue weighted by molar-refractivity contribution is -0.113. The number of hydrogen-bond acceptors (Lipinski definition) is 5. The van der Waals surface area contributed by atoms with Crippen molar-refractivity contribution in [1.82, 2.24) is 14.8 Å². The predicted molar refractivity (Wildman–Crippen MR) is 112 cm³/mol. The fourth-order valence-electron chi connectivity index (χ4n) is 2.46. The van der Waals surface area contributed by atoms with E-state index < -0.39 is 5.82 Å². The summed E-state index contributed by atoms with van der Waals surface area (Å²) >= 11 is 13.2. The summed E-state index contributed by atoms with van der Waals surface area (Å²) in [5.41, 5.74) is 0.484. The first-order chi connectivity index (χ1) is 14.0. The third kappa shape index (κ3) is 5.62. The number of hydrogen-bond donors (Lipinski definition) is 1. The van der Waals surface area contributed by atoms with Crippen molar-refractivity contribution in [3.8, 4) is 5.75 Å². The summed E-state index contributed by atoms with van der Waals surface area (Å²) < 4.78 is 21.0. The molecule has 0 aliphatic carbocycles. The quantitative estimate of drug-likeness (QED) is 0.482. The molecule has 0 unspecified atom stereocenters. The summed E-state index contributed by atoms with van der Waals surface area (Å²) in [6.07, 6.45) is 0. The lowest BCUT2D eigenvalue weighted by Crippen LogP contribution is -2.15. The summed E-state index contributed by atoms with van der Waals surface area (Å²) in [5, 5.41) is 12.4. The van der Waals surface area contributed by atoms with E-state index in [2.05, 4.69) is 15.5 Å². The van der Waals surface area contributed by atoms with E-state index in [-0.39, 0.29) is 24.0 Å². The maximum atomic E-state index is 13.7.